The van der Waals surface area contributed by atoms with Gasteiger partial charge in [-0.3, -0.25) is 0 Å². The molecule has 0 bridgehead atoms. The SMILES string of the molecule is CCC(C)CCCCNc1nnc(N)s1. The van der Waals surface area contributed by atoms with Gasteiger partial charge in [0.05, 0.1) is 0 Å². The lowest BCUT2D eigenvalue weighted by Gasteiger charge is -2.07. The van der Waals surface area contributed by atoms with Crippen LogP contribution in [0.1, 0.15) is 39.5 Å². The van der Waals surface area contributed by atoms with E-state index in [4.69, 9.17) is 5.73 Å². The van der Waals surface area contributed by atoms with Crippen LogP contribution in [0.2, 0.25) is 0 Å². The van der Waals surface area contributed by atoms with Crippen LogP contribution in [0.15, 0.2) is 0 Å². The van der Waals surface area contributed by atoms with Crippen molar-refractivity contribution in [2.75, 3.05) is 17.6 Å². The largest absolute Gasteiger partial charge is 0.374 e. The normalized spacial score (nSPS) is 12.7. The number of nitrogen functional groups attached to an aromatic ring is 1. The van der Waals surface area contributed by atoms with E-state index in [1.807, 2.05) is 0 Å². The first kappa shape index (κ1) is 12.2. The predicted octanol–water partition coefficient (Wildman–Crippen LogP) is 2.75. The Morgan fingerprint density at radius 1 is 1.40 bits per heavy atom. The van der Waals surface area contributed by atoms with Gasteiger partial charge < -0.3 is 11.1 Å². The third kappa shape index (κ3) is 4.97. The molecule has 86 valence electrons. The number of rotatable bonds is 7. The molecule has 0 aromatic carbocycles. The third-order valence-electron chi connectivity index (χ3n) is 2.54. The monoisotopic (exact) mass is 228 g/mol. The van der Waals surface area contributed by atoms with Crippen molar-refractivity contribution in [1.29, 1.82) is 0 Å². The molecule has 0 aliphatic rings. The van der Waals surface area contributed by atoms with E-state index in [0.29, 0.717) is 5.13 Å². The van der Waals surface area contributed by atoms with E-state index < -0.39 is 0 Å². The van der Waals surface area contributed by atoms with Crippen LogP contribution in [0.25, 0.3) is 0 Å². The Hall–Kier alpha value is -0.840. The number of nitrogens with two attached hydrogens (primary N) is 1. The Bertz CT molecular complexity index is 274. The number of nitrogens with one attached hydrogen (secondary N) is 1. The minimum Gasteiger partial charge on any atom is -0.374 e. The second-order valence-electron chi connectivity index (χ2n) is 3.88. The fraction of sp³-hybridized carbons (Fsp3) is 0.800. The molecule has 1 aromatic rings. The highest BCUT2D eigenvalue weighted by molar-refractivity contribution is 7.18. The fourth-order valence-electron chi connectivity index (χ4n) is 1.32. The summed E-state index contributed by atoms with van der Waals surface area (Å²) in [5.41, 5.74) is 5.47. The van der Waals surface area contributed by atoms with Gasteiger partial charge >= 0.3 is 0 Å². The van der Waals surface area contributed by atoms with E-state index in [0.717, 1.165) is 17.6 Å². The van der Waals surface area contributed by atoms with Gasteiger partial charge in [0.2, 0.25) is 10.3 Å². The van der Waals surface area contributed by atoms with Gasteiger partial charge in [-0.1, -0.05) is 44.4 Å². The molecule has 0 saturated heterocycles. The molecule has 4 nitrogen and oxygen atoms in total. The van der Waals surface area contributed by atoms with E-state index in [1.54, 1.807) is 0 Å². The maximum Gasteiger partial charge on any atom is 0.207 e. The Kier molecular flexibility index (Phi) is 5.39. The number of unbranched alkanes of at least 4 members (excludes halogenated alkanes) is 1. The first-order chi connectivity index (χ1) is 7.22. The van der Waals surface area contributed by atoms with Crippen molar-refractivity contribution in [2.45, 2.75) is 39.5 Å². The van der Waals surface area contributed by atoms with E-state index >= 15 is 0 Å². The summed E-state index contributed by atoms with van der Waals surface area (Å²) >= 11 is 1.40. The van der Waals surface area contributed by atoms with Gasteiger partial charge in [0, 0.05) is 6.54 Å². The van der Waals surface area contributed by atoms with Crippen LogP contribution in [0.3, 0.4) is 0 Å². The molecule has 3 N–H and O–H groups in total. The molecule has 0 aliphatic carbocycles. The highest BCUT2D eigenvalue weighted by atomic mass is 32.1. The van der Waals surface area contributed by atoms with E-state index in [9.17, 15) is 0 Å². The molecule has 1 rings (SSSR count). The predicted molar refractivity (Wildman–Crippen MR) is 66.1 cm³/mol. The lowest BCUT2D eigenvalue weighted by Crippen LogP contribution is -2.02. The number of hydrogen-bond acceptors (Lipinski definition) is 5. The molecular formula is C10H20N4S. The summed E-state index contributed by atoms with van der Waals surface area (Å²) in [6.07, 6.45) is 5.05. The summed E-state index contributed by atoms with van der Waals surface area (Å²) in [5, 5.41) is 12.2. The maximum absolute atomic E-state index is 5.47. The third-order valence-corrected chi connectivity index (χ3v) is 3.25. The molecule has 0 aliphatic heterocycles. The van der Waals surface area contributed by atoms with Crippen LogP contribution in [-0.2, 0) is 0 Å². The van der Waals surface area contributed by atoms with Crippen molar-refractivity contribution in [3.63, 3.8) is 0 Å². The van der Waals surface area contributed by atoms with Crippen molar-refractivity contribution in [2.24, 2.45) is 5.92 Å². The van der Waals surface area contributed by atoms with Gasteiger partial charge in [0.15, 0.2) is 0 Å². The van der Waals surface area contributed by atoms with Crippen molar-refractivity contribution < 1.29 is 0 Å². The maximum atomic E-state index is 5.47. The second kappa shape index (κ2) is 6.61. The molecule has 0 amide bonds. The molecule has 15 heavy (non-hydrogen) atoms. The molecular weight excluding hydrogens is 208 g/mol. The van der Waals surface area contributed by atoms with Gasteiger partial charge in [0.1, 0.15) is 0 Å². The van der Waals surface area contributed by atoms with Crippen molar-refractivity contribution in [3.8, 4) is 0 Å². The minimum absolute atomic E-state index is 0.525. The molecule has 1 unspecified atom stereocenters. The average Bonchev–Trinajstić information content (AvgIpc) is 2.63. The van der Waals surface area contributed by atoms with Crippen molar-refractivity contribution >= 4 is 21.6 Å². The second-order valence-corrected chi connectivity index (χ2v) is 4.89. The summed E-state index contributed by atoms with van der Waals surface area (Å²) in [7, 11) is 0. The van der Waals surface area contributed by atoms with Crippen LogP contribution in [-0.4, -0.2) is 16.7 Å². The van der Waals surface area contributed by atoms with Gasteiger partial charge in [-0.2, -0.15) is 0 Å². The van der Waals surface area contributed by atoms with Crippen molar-refractivity contribution in [1.82, 2.24) is 10.2 Å². The Morgan fingerprint density at radius 3 is 2.80 bits per heavy atom. The Balaban J connectivity index is 2.02. The van der Waals surface area contributed by atoms with Crippen LogP contribution in [0.5, 0.6) is 0 Å². The standard InChI is InChI=1S/C10H20N4S/c1-3-8(2)6-4-5-7-12-10-14-13-9(11)15-10/h8H,3-7H2,1-2H3,(H2,11,13)(H,12,14). The summed E-state index contributed by atoms with van der Waals surface area (Å²) < 4.78 is 0. The van der Waals surface area contributed by atoms with E-state index in [1.165, 1.54) is 37.0 Å². The van der Waals surface area contributed by atoms with Crippen LogP contribution in [0, 0.1) is 5.92 Å². The number of aromatic nitrogens is 2. The topological polar surface area (TPSA) is 63.8 Å². The summed E-state index contributed by atoms with van der Waals surface area (Å²) in [5.74, 6) is 0.849. The molecule has 1 heterocycles. The molecule has 0 radical (unpaired) electrons. The van der Waals surface area contributed by atoms with Gasteiger partial charge in [0.25, 0.3) is 0 Å². The number of nitrogens with zero attached hydrogens (tertiary/aromatic N) is 2. The minimum atomic E-state index is 0.525. The molecule has 0 fully saturated rings. The molecule has 5 heteroatoms. The lowest BCUT2D eigenvalue weighted by atomic mass is 10.0. The van der Waals surface area contributed by atoms with E-state index in [-0.39, 0.29) is 0 Å². The Morgan fingerprint density at radius 2 is 2.20 bits per heavy atom. The lowest BCUT2D eigenvalue weighted by molar-refractivity contribution is 0.489. The smallest absolute Gasteiger partial charge is 0.207 e. The number of anilines is 2. The summed E-state index contributed by atoms with van der Waals surface area (Å²) in [6, 6.07) is 0. The van der Waals surface area contributed by atoms with Crippen LogP contribution in [0.4, 0.5) is 10.3 Å². The zero-order valence-electron chi connectivity index (χ0n) is 9.49. The average molecular weight is 228 g/mol. The van der Waals surface area contributed by atoms with Gasteiger partial charge in [-0.25, -0.2) is 0 Å². The molecule has 0 saturated carbocycles. The Labute approximate surface area is 95.3 Å². The molecule has 1 atom stereocenters. The molecule has 0 spiro atoms. The first-order valence-corrected chi connectivity index (χ1v) is 6.37. The van der Waals surface area contributed by atoms with Gasteiger partial charge in [-0.05, 0) is 12.3 Å². The van der Waals surface area contributed by atoms with E-state index in [2.05, 4.69) is 29.4 Å². The summed E-state index contributed by atoms with van der Waals surface area (Å²) in [4.78, 5) is 0. The van der Waals surface area contributed by atoms with Crippen LogP contribution >= 0.6 is 11.3 Å². The number of hydrogen-bond donors (Lipinski definition) is 2. The van der Waals surface area contributed by atoms with Gasteiger partial charge in [-0.15, -0.1) is 10.2 Å². The zero-order valence-corrected chi connectivity index (χ0v) is 10.3. The molecule has 1 aromatic heterocycles. The quantitative estimate of drug-likeness (QED) is 0.704. The zero-order chi connectivity index (χ0) is 11.1. The summed E-state index contributed by atoms with van der Waals surface area (Å²) in [6.45, 7) is 5.51. The van der Waals surface area contributed by atoms with Crippen LogP contribution < -0.4 is 11.1 Å². The first-order valence-electron chi connectivity index (χ1n) is 5.55. The van der Waals surface area contributed by atoms with Crippen molar-refractivity contribution in [3.05, 3.63) is 0 Å². The highest BCUT2D eigenvalue weighted by Gasteiger charge is 2.00. The highest BCUT2D eigenvalue weighted by Crippen LogP contribution is 2.16. The fourth-order valence-corrected chi connectivity index (χ4v) is 1.86.